The largest absolute Gasteiger partial charge is 0.444 e. The molecule has 2 aromatic carbocycles. The summed E-state index contributed by atoms with van der Waals surface area (Å²) in [6.07, 6.45) is 0.500. The normalized spacial score (nSPS) is 14.6. The van der Waals surface area contributed by atoms with Gasteiger partial charge in [-0.1, -0.05) is 42.5 Å². The van der Waals surface area contributed by atoms with Crippen molar-refractivity contribution in [3.05, 3.63) is 71.3 Å². The van der Waals surface area contributed by atoms with E-state index >= 15 is 0 Å². The molecule has 1 aliphatic rings. The van der Waals surface area contributed by atoms with Gasteiger partial charge in [-0.3, -0.25) is 9.59 Å². The predicted octanol–water partition coefficient (Wildman–Crippen LogP) is 2.80. The lowest BCUT2D eigenvalue weighted by Gasteiger charge is -2.21. The lowest BCUT2D eigenvalue weighted by molar-refractivity contribution is -0.138. The van der Waals surface area contributed by atoms with Crippen molar-refractivity contribution in [3.8, 4) is 0 Å². The van der Waals surface area contributed by atoms with Gasteiger partial charge in [-0.05, 0) is 24.1 Å². The molecule has 0 aliphatic carbocycles. The maximum absolute atomic E-state index is 12.6. The minimum atomic E-state index is -0.995. The molecule has 146 valence electrons. The molecule has 0 spiro atoms. The maximum atomic E-state index is 12.6. The van der Waals surface area contributed by atoms with E-state index in [-0.39, 0.29) is 11.8 Å². The topological polar surface area (TPSA) is 66.9 Å². The van der Waals surface area contributed by atoms with Crippen molar-refractivity contribution >= 4 is 17.8 Å². The van der Waals surface area contributed by atoms with Crippen LogP contribution in [0, 0.1) is 0 Å². The number of rotatable bonds is 6. The number of likely N-dealkylation sites (N-methyl/N-ethyl adjacent to an activating group) is 1. The third-order valence-corrected chi connectivity index (χ3v) is 4.73. The van der Waals surface area contributed by atoms with Gasteiger partial charge in [0.15, 0.2) is 0 Å². The first kappa shape index (κ1) is 19.6. The van der Waals surface area contributed by atoms with Crippen LogP contribution in [0.5, 0.6) is 0 Å². The summed E-state index contributed by atoms with van der Waals surface area (Å²) in [5, 5.41) is 0. The van der Waals surface area contributed by atoms with E-state index in [0.717, 1.165) is 18.5 Å². The van der Waals surface area contributed by atoms with Crippen molar-refractivity contribution in [3.63, 3.8) is 0 Å². The van der Waals surface area contributed by atoms with Crippen LogP contribution in [-0.4, -0.2) is 48.2 Å². The van der Waals surface area contributed by atoms with E-state index in [1.165, 1.54) is 4.90 Å². The van der Waals surface area contributed by atoms with Crippen LogP contribution in [0.1, 0.15) is 40.4 Å². The van der Waals surface area contributed by atoms with Gasteiger partial charge >= 0.3 is 5.97 Å². The minimum absolute atomic E-state index is 0.163. The zero-order chi connectivity index (χ0) is 20.1. The monoisotopic (exact) mass is 380 g/mol. The highest BCUT2D eigenvalue weighted by Gasteiger charge is 2.27. The molecule has 1 atom stereocenters. The Morgan fingerprint density at radius 2 is 1.75 bits per heavy atom. The van der Waals surface area contributed by atoms with Crippen molar-refractivity contribution < 1.29 is 19.1 Å². The fraction of sp³-hybridized carbons (Fsp3) is 0.318. The smallest absolute Gasteiger partial charge is 0.339 e. The second-order valence-corrected chi connectivity index (χ2v) is 7.04. The lowest BCUT2D eigenvalue weighted by Crippen LogP contribution is -2.31. The van der Waals surface area contributed by atoms with Crippen LogP contribution in [0.15, 0.2) is 54.6 Å². The van der Waals surface area contributed by atoms with Crippen LogP contribution in [0.4, 0.5) is 0 Å². The van der Waals surface area contributed by atoms with Gasteiger partial charge in [0, 0.05) is 39.2 Å². The van der Waals surface area contributed by atoms with Crippen molar-refractivity contribution in [2.24, 2.45) is 0 Å². The number of likely N-dealkylation sites (tertiary alicyclic amines) is 1. The van der Waals surface area contributed by atoms with E-state index in [0.29, 0.717) is 24.1 Å². The quantitative estimate of drug-likeness (QED) is 0.723. The van der Waals surface area contributed by atoms with Crippen LogP contribution in [0.2, 0.25) is 0 Å². The Kier molecular flexibility index (Phi) is 6.09. The molecular formula is C22H24N2O4. The lowest BCUT2D eigenvalue weighted by atomic mass is 10.1. The standard InChI is InChI=1S/C22H24N2O4/c1-23(2)21(26)20(17-7-4-3-5-8-17)28-22(27)18-12-10-16(11-13-18)15-24-14-6-9-19(24)25/h3-5,7-8,10-13,20H,6,9,14-15H2,1-2H3. The molecule has 1 unspecified atom stereocenters. The van der Waals surface area contributed by atoms with Crippen molar-refractivity contribution in [1.29, 1.82) is 0 Å². The third-order valence-electron chi connectivity index (χ3n) is 4.73. The van der Waals surface area contributed by atoms with Gasteiger partial charge in [-0.15, -0.1) is 0 Å². The molecule has 1 saturated heterocycles. The highest BCUT2D eigenvalue weighted by Crippen LogP contribution is 2.22. The van der Waals surface area contributed by atoms with Crippen LogP contribution >= 0.6 is 0 Å². The van der Waals surface area contributed by atoms with Gasteiger partial charge in [0.05, 0.1) is 5.56 Å². The number of esters is 1. The molecule has 0 N–H and O–H groups in total. The average Bonchev–Trinajstić information content (AvgIpc) is 3.11. The number of carbonyl (C=O) groups excluding carboxylic acids is 3. The van der Waals surface area contributed by atoms with Crippen molar-refractivity contribution in [2.45, 2.75) is 25.5 Å². The van der Waals surface area contributed by atoms with Gasteiger partial charge in [0.2, 0.25) is 12.0 Å². The molecule has 2 aromatic rings. The second kappa shape index (κ2) is 8.69. The number of benzene rings is 2. The highest BCUT2D eigenvalue weighted by atomic mass is 16.5. The Labute approximate surface area is 164 Å². The van der Waals surface area contributed by atoms with E-state index in [9.17, 15) is 14.4 Å². The highest BCUT2D eigenvalue weighted by molar-refractivity contribution is 5.92. The first-order chi connectivity index (χ1) is 13.5. The molecule has 0 radical (unpaired) electrons. The number of nitrogens with zero attached hydrogens (tertiary/aromatic N) is 2. The predicted molar refractivity (Wildman–Crippen MR) is 104 cm³/mol. The molecule has 0 saturated carbocycles. The molecule has 0 bridgehead atoms. The van der Waals surface area contributed by atoms with Crippen molar-refractivity contribution in [2.75, 3.05) is 20.6 Å². The molecule has 6 heteroatoms. The number of hydrogen-bond acceptors (Lipinski definition) is 4. The molecule has 28 heavy (non-hydrogen) atoms. The summed E-state index contributed by atoms with van der Waals surface area (Å²) in [5.41, 5.74) is 1.94. The Balaban J connectivity index is 1.71. The van der Waals surface area contributed by atoms with E-state index in [2.05, 4.69) is 0 Å². The Hall–Kier alpha value is -3.15. The molecule has 1 aliphatic heterocycles. The number of amides is 2. The molecule has 1 heterocycles. The summed E-state index contributed by atoms with van der Waals surface area (Å²) in [6.45, 7) is 1.31. The summed E-state index contributed by atoms with van der Waals surface area (Å²) in [4.78, 5) is 40.1. The summed E-state index contributed by atoms with van der Waals surface area (Å²) in [5.74, 6) is -0.701. The average molecular weight is 380 g/mol. The zero-order valence-corrected chi connectivity index (χ0v) is 16.1. The summed E-state index contributed by atoms with van der Waals surface area (Å²) in [6, 6.07) is 15.9. The van der Waals surface area contributed by atoms with E-state index in [1.54, 1.807) is 50.5 Å². The maximum Gasteiger partial charge on any atom is 0.339 e. The Morgan fingerprint density at radius 1 is 1.07 bits per heavy atom. The zero-order valence-electron chi connectivity index (χ0n) is 16.1. The molecule has 2 amide bonds. The summed E-state index contributed by atoms with van der Waals surface area (Å²) < 4.78 is 5.54. The Morgan fingerprint density at radius 3 is 2.32 bits per heavy atom. The van der Waals surface area contributed by atoms with Crippen molar-refractivity contribution in [1.82, 2.24) is 9.80 Å². The van der Waals surface area contributed by atoms with E-state index in [1.807, 2.05) is 23.1 Å². The molecule has 1 fully saturated rings. The van der Waals surface area contributed by atoms with Crippen LogP contribution < -0.4 is 0 Å². The molecule has 6 nitrogen and oxygen atoms in total. The van der Waals surface area contributed by atoms with E-state index in [4.69, 9.17) is 4.74 Å². The van der Waals surface area contributed by atoms with Gasteiger partial charge in [-0.25, -0.2) is 4.79 Å². The summed E-state index contributed by atoms with van der Waals surface area (Å²) in [7, 11) is 3.25. The summed E-state index contributed by atoms with van der Waals surface area (Å²) >= 11 is 0. The van der Waals surface area contributed by atoms with Gasteiger partial charge in [0.25, 0.3) is 5.91 Å². The number of carbonyl (C=O) groups is 3. The van der Waals surface area contributed by atoms with Crippen LogP contribution in [0.25, 0.3) is 0 Å². The van der Waals surface area contributed by atoms with Gasteiger partial charge in [-0.2, -0.15) is 0 Å². The molecule has 0 aromatic heterocycles. The van der Waals surface area contributed by atoms with E-state index < -0.39 is 12.1 Å². The second-order valence-electron chi connectivity index (χ2n) is 7.04. The first-order valence-corrected chi connectivity index (χ1v) is 9.29. The number of hydrogen-bond donors (Lipinski definition) is 0. The van der Waals surface area contributed by atoms with Gasteiger partial charge < -0.3 is 14.5 Å². The fourth-order valence-corrected chi connectivity index (χ4v) is 3.14. The van der Waals surface area contributed by atoms with Gasteiger partial charge in [0.1, 0.15) is 0 Å². The molecule has 3 rings (SSSR count). The van der Waals surface area contributed by atoms with Crippen LogP contribution in [0.3, 0.4) is 0 Å². The third kappa shape index (κ3) is 4.57. The Bertz CT molecular complexity index is 847. The SMILES string of the molecule is CN(C)C(=O)C(OC(=O)c1ccc(CN2CCCC2=O)cc1)c1ccccc1. The molecular weight excluding hydrogens is 356 g/mol. The minimum Gasteiger partial charge on any atom is -0.444 e. The number of ether oxygens (including phenoxy) is 1. The first-order valence-electron chi connectivity index (χ1n) is 9.29. The fourth-order valence-electron chi connectivity index (χ4n) is 3.14. The van der Waals surface area contributed by atoms with Crippen LogP contribution in [-0.2, 0) is 20.9 Å².